The first-order chi connectivity index (χ1) is 14.1. The van der Waals surface area contributed by atoms with Gasteiger partial charge in [-0.2, -0.15) is 0 Å². The van der Waals surface area contributed by atoms with Gasteiger partial charge >= 0.3 is 0 Å². The summed E-state index contributed by atoms with van der Waals surface area (Å²) >= 11 is 5.97. The number of rotatable bonds is 7. The van der Waals surface area contributed by atoms with Gasteiger partial charge in [-0.3, -0.25) is 0 Å². The summed E-state index contributed by atoms with van der Waals surface area (Å²) in [6.45, 7) is 4.72. The molecule has 0 amide bonds. The summed E-state index contributed by atoms with van der Waals surface area (Å²) in [5.41, 5.74) is 2.19. The Kier molecular flexibility index (Phi) is 6.38. The lowest BCUT2D eigenvalue weighted by Gasteiger charge is -2.35. The fraction of sp³-hybridized carbons (Fsp3) is 0.435. The Morgan fingerprint density at radius 1 is 1.03 bits per heavy atom. The molecule has 0 saturated carbocycles. The summed E-state index contributed by atoms with van der Waals surface area (Å²) in [5.74, 6) is 1.77. The van der Waals surface area contributed by atoms with Crippen molar-refractivity contribution in [2.24, 2.45) is 0 Å². The Hall–Kier alpha value is -2.08. The molecule has 4 rings (SSSR count). The molecule has 1 aromatic heterocycles. The van der Waals surface area contributed by atoms with E-state index >= 15 is 0 Å². The fourth-order valence-corrected chi connectivity index (χ4v) is 4.19. The molecular weight excluding hydrogens is 384 g/mol. The van der Waals surface area contributed by atoms with Gasteiger partial charge in [-0.1, -0.05) is 23.7 Å². The van der Waals surface area contributed by atoms with Crippen LogP contribution in [0.5, 0.6) is 5.75 Å². The molecule has 0 atom stereocenters. The fourth-order valence-electron chi connectivity index (χ4n) is 4.06. The maximum atomic E-state index is 5.99. The van der Waals surface area contributed by atoms with Crippen molar-refractivity contribution >= 4 is 22.6 Å². The molecular formula is C23H29ClN4O. The van der Waals surface area contributed by atoms with Crippen molar-refractivity contribution in [1.82, 2.24) is 19.4 Å². The molecule has 2 aromatic carbocycles. The number of benzene rings is 2. The molecule has 0 N–H and O–H groups in total. The van der Waals surface area contributed by atoms with E-state index in [4.69, 9.17) is 21.3 Å². The Bertz CT molecular complexity index is 930. The van der Waals surface area contributed by atoms with Gasteiger partial charge in [0.15, 0.2) is 0 Å². The molecule has 0 bridgehead atoms. The van der Waals surface area contributed by atoms with Crippen molar-refractivity contribution in [2.75, 3.05) is 33.7 Å². The average molecular weight is 413 g/mol. The van der Waals surface area contributed by atoms with Crippen LogP contribution < -0.4 is 4.74 Å². The van der Waals surface area contributed by atoms with Crippen molar-refractivity contribution in [1.29, 1.82) is 0 Å². The van der Waals surface area contributed by atoms with E-state index in [9.17, 15) is 0 Å². The number of halogens is 1. The van der Waals surface area contributed by atoms with Crippen LogP contribution in [0.15, 0.2) is 48.5 Å². The zero-order valence-electron chi connectivity index (χ0n) is 17.2. The quantitative estimate of drug-likeness (QED) is 0.579. The largest absolute Gasteiger partial charge is 0.486 e. The third-order valence-corrected chi connectivity index (χ3v) is 6.09. The molecule has 3 aromatic rings. The highest BCUT2D eigenvalue weighted by molar-refractivity contribution is 6.30. The number of piperidine rings is 1. The highest BCUT2D eigenvalue weighted by Crippen LogP contribution is 2.21. The minimum Gasteiger partial charge on any atom is -0.486 e. The van der Waals surface area contributed by atoms with Crippen molar-refractivity contribution in [3.63, 3.8) is 0 Å². The van der Waals surface area contributed by atoms with Crippen LogP contribution in [0.4, 0.5) is 0 Å². The second-order valence-electron chi connectivity index (χ2n) is 7.95. The second kappa shape index (κ2) is 9.16. The van der Waals surface area contributed by atoms with Crippen LogP contribution in [-0.4, -0.2) is 59.1 Å². The van der Waals surface area contributed by atoms with E-state index in [2.05, 4.69) is 46.7 Å². The molecule has 1 aliphatic heterocycles. The van der Waals surface area contributed by atoms with Gasteiger partial charge in [0, 0.05) is 24.2 Å². The Morgan fingerprint density at radius 2 is 1.76 bits per heavy atom. The normalized spacial score (nSPS) is 16.0. The van der Waals surface area contributed by atoms with Crippen LogP contribution in [-0.2, 0) is 13.2 Å². The topological polar surface area (TPSA) is 33.5 Å². The van der Waals surface area contributed by atoms with Crippen LogP contribution in [0.3, 0.4) is 0 Å². The summed E-state index contributed by atoms with van der Waals surface area (Å²) in [4.78, 5) is 9.75. The van der Waals surface area contributed by atoms with Gasteiger partial charge in [0.25, 0.3) is 0 Å². The predicted molar refractivity (Wildman–Crippen MR) is 119 cm³/mol. The first-order valence-corrected chi connectivity index (χ1v) is 10.7. The Morgan fingerprint density at radius 3 is 2.48 bits per heavy atom. The average Bonchev–Trinajstić information content (AvgIpc) is 3.09. The number of nitrogens with zero attached hydrogens (tertiary/aromatic N) is 4. The lowest BCUT2D eigenvalue weighted by Crippen LogP contribution is -2.42. The maximum Gasteiger partial charge on any atom is 0.148 e. The number of para-hydroxylation sites is 2. The predicted octanol–water partition coefficient (Wildman–Crippen LogP) is 4.29. The summed E-state index contributed by atoms with van der Waals surface area (Å²) in [6.07, 6.45) is 2.48. The Labute approximate surface area is 177 Å². The number of imidazole rings is 1. The lowest BCUT2D eigenvalue weighted by atomic mass is 10.0. The number of hydrogen-bond acceptors (Lipinski definition) is 4. The highest BCUT2D eigenvalue weighted by atomic mass is 35.5. The van der Waals surface area contributed by atoms with Gasteiger partial charge in [-0.05, 0) is 76.4 Å². The number of hydrogen-bond donors (Lipinski definition) is 0. The molecule has 154 valence electrons. The zero-order valence-corrected chi connectivity index (χ0v) is 18.0. The van der Waals surface area contributed by atoms with E-state index in [0.29, 0.717) is 17.7 Å². The number of likely N-dealkylation sites (tertiary alicyclic amines) is 1. The SMILES string of the molecule is CN(C)C1CCN(CCn2c(COc3ccc(Cl)cc3)nc3ccccc32)CC1. The van der Waals surface area contributed by atoms with Gasteiger partial charge < -0.3 is 19.1 Å². The molecule has 1 saturated heterocycles. The summed E-state index contributed by atoms with van der Waals surface area (Å²) in [5, 5.41) is 0.711. The minimum absolute atomic E-state index is 0.443. The van der Waals surface area contributed by atoms with Gasteiger partial charge in [0.1, 0.15) is 18.2 Å². The van der Waals surface area contributed by atoms with Crippen molar-refractivity contribution in [3.8, 4) is 5.75 Å². The van der Waals surface area contributed by atoms with Gasteiger partial charge in [0.2, 0.25) is 0 Å². The van der Waals surface area contributed by atoms with Crippen LogP contribution in [0.1, 0.15) is 18.7 Å². The van der Waals surface area contributed by atoms with E-state index in [1.807, 2.05) is 30.3 Å². The molecule has 0 radical (unpaired) electrons. The molecule has 0 unspecified atom stereocenters. The molecule has 0 spiro atoms. The van der Waals surface area contributed by atoms with Crippen molar-refractivity contribution < 1.29 is 4.74 Å². The summed E-state index contributed by atoms with van der Waals surface area (Å²) in [6, 6.07) is 16.5. The Balaban J connectivity index is 1.44. The van der Waals surface area contributed by atoms with Crippen molar-refractivity contribution in [2.45, 2.75) is 32.0 Å². The summed E-state index contributed by atoms with van der Waals surface area (Å²) in [7, 11) is 4.37. The van der Waals surface area contributed by atoms with Crippen LogP contribution >= 0.6 is 11.6 Å². The van der Waals surface area contributed by atoms with E-state index in [0.717, 1.165) is 43.3 Å². The van der Waals surface area contributed by atoms with Crippen LogP contribution in [0.2, 0.25) is 5.02 Å². The van der Waals surface area contributed by atoms with Crippen LogP contribution in [0, 0.1) is 0 Å². The first-order valence-electron chi connectivity index (χ1n) is 10.3. The highest BCUT2D eigenvalue weighted by Gasteiger charge is 2.21. The third-order valence-electron chi connectivity index (χ3n) is 5.84. The molecule has 29 heavy (non-hydrogen) atoms. The molecule has 0 aliphatic carbocycles. The monoisotopic (exact) mass is 412 g/mol. The number of aromatic nitrogens is 2. The maximum absolute atomic E-state index is 5.99. The van der Waals surface area contributed by atoms with E-state index in [1.165, 1.54) is 18.4 Å². The molecule has 6 heteroatoms. The molecule has 5 nitrogen and oxygen atoms in total. The first kappa shape index (κ1) is 20.2. The van der Waals surface area contributed by atoms with Gasteiger partial charge in [-0.15, -0.1) is 0 Å². The molecule has 1 fully saturated rings. The number of ether oxygens (including phenoxy) is 1. The zero-order chi connectivity index (χ0) is 20.2. The smallest absolute Gasteiger partial charge is 0.148 e. The lowest BCUT2D eigenvalue weighted by molar-refractivity contribution is 0.141. The molecule has 1 aliphatic rings. The standard InChI is InChI=1S/C23H29ClN4O/c1-26(2)19-11-13-27(14-12-19)15-16-28-22-6-4-3-5-21(22)25-23(28)17-29-20-9-7-18(24)8-10-20/h3-10,19H,11-17H2,1-2H3. The van der Waals surface area contributed by atoms with Gasteiger partial charge in [-0.25, -0.2) is 4.98 Å². The van der Waals surface area contributed by atoms with E-state index in [1.54, 1.807) is 0 Å². The van der Waals surface area contributed by atoms with E-state index in [-0.39, 0.29) is 0 Å². The second-order valence-corrected chi connectivity index (χ2v) is 8.38. The van der Waals surface area contributed by atoms with Gasteiger partial charge in [0.05, 0.1) is 11.0 Å². The minimum atomic E-state index is 0.443. The summed E-state index contributed by atoms with van der Waals surface area (Å²) < 4.78 is 8.30. The third kappa shape index (κ3) is 4.92. The van der Waals surface area contributed by atoms with Crippen LogP contribution in [0.25, 0.3) is 11.0 Å². The van der Waals surface area contributed by atoms with Crippen molar-refractivity contribution in [3.05, 3.63) is 59.4 Å². The molecule has 2 heterocycles. The van der Waals surface area contributed by atoms with E-state index < -0.39 is 0 Å². The number of fused-ring (bicyclic) bond motifs is 1.